The number of aliphatic hydroxyl groups excluding tert-OH is 1. The molecule has 2 fully saturated rings. The zero-order chi connectivity index (χ0) is 46.7. The lowest BCUT2D eigenvalue weighted by Crippen LogP contribution is -2.57. The Morgan fingerprint density at radius 1 is 1.02 bits per heavy atom. The second-order valence-corrected chi connectivity index (χ2v) is 19.7. The van der Waals surface area contributed by atoms with E-state index in [2.05, 4.69) is 68.3 Å². The summed E-state index contributed by atoms with van der Waals surface area (Å²) in [6.45, 7) is 19.4. The zero-order valence-corrected chi connectivity index (χ0v) is 39.0. The third-order valence-corrected chi connectivity index (χ3v) is 13.8. The van der Waals surface area contributed by atoms with Crippen molar-refractivity contribution in [3.63, 3.8) is 0 Å². The van der Waals surface area contributed by atoms with Crippen molar-refractivity contribution in [3.05, 3.63) is 112 Å². The van der Waals surface area contributed by atoms with Gasteiger partial charge in [-0.15, -0.1) is 0 Å². The molecule has 2 saturated heterocycles. The number of benzene rings is 1. The Morgan fingerprint density at radius 2 is 1.80 bits per heavy atom. The number of hydrogen-bond donors (Lipinski definition) is 4. The lowest BCUT2D eigenvalue weighted by atomic mass is 9.90. The molecule has 9 rings (SSSR count). The molecule has 346 valence electrons. The fraction of sp³-hybridized carbons (Fsp3) is 0.440. The van der Waals surface area contributed by atoms with Crippen molar-refractivity contribution in [2.24, 2.45) is 18.2 Å². The third kappa shape index (κ3) is 8.60. The second kappa shape index (κ2) is 17.5. The second-order valence-electron chi connectivity index (χ2n) is 19.7. The average Bonchev–Trinajstić information content (AvgIpc) is 3.79. The van der Waals surface area contributed by atoms with E-state index < -0.39 is 12.1 Å². The first-order valence-corrected chi connectivity index (χ1v) is 23.1. The van der Waals surface area contributed by atoms with Gasteiger partial charge in [0.25, 0.3) is 11.5 Å². The van der Waals surface area contributed by atoms with Crippen LogP contribution in [0.2, 0.25) is 0 Å². The number of hydrogen-bond acceptors (Lipinski definition) is 12. The van der Waals surface area contributed by atoms with Gasteiger partial charge in [0, 0.05) is 99.8 Å². The molecule has 0 radical (unpaired) electrons. The van der Waals surface area contributed by atoms with Crippen molar-refractivity contribution in [1.82, 2.24) is 29.0 Å². The van der Waals surface area contributed by atoms with Gasteiger partial charge in [-0.25, -0.2) is 15.0 Å². The first-order chi connectivity index (χ1) is 31.5. The van der Waals surface area contributed by atoms with Crippen LogP contribution in [-0.4, -0.2) is 97.3 Å². The first-order valence-electron chi connectivity index (χ1n) is 23.1. The fourth-order valence-electron chi connectivity index (χ4n) is 10.4. The van der Waals surface area contributed by atoms with Crippen molar-refractivity contribution < 1.29 is 14.7 Å². The van der Waals surface area contributed by atoms with Gasteiger partial charge < -0.3 is 40.4 Å². The summed E-state index contributed by atoms with van der Waals surface area (Å²) >= 11 is 0. The highest BCUT2D eigenvalue weighted by molar-refractivity contribution is 6.06. The van der Waals surface area contributed by atoms with Gasteiger partial charge in [-0.3, -0.25) is 24.2 Å². The molecule has 0 spiro atoms. The van der Waals surface area contributed by atoms with E-state index in [0.717, 1.165) is 75.6 Å². The highest BCUT2D eigenvalue weighted by Crippen LogP contribution is 2.40. The molecular formula is C50H62N12O4. The van der Waals surface area contributed by atoms with E-state index in [1.54, 1.807) is 30.4 Å². The maximum Gasteiger partial charge on any atom is 0.293 e. The lowest BCUT2D eigenvalue weighted by Gasteiger charge is -2.47. The van der Waals surface area contributed by atoms with Crippen molar-refractivity contribution in [1.29, 1.82) is 0 Å². The number of fused-ring (bicyclic) bond motifs is 3. The molecule has 7 heterocycles. The lowest BCUT2D eigenvalue weighted by molar-refractivity contribution is -0.111. The van der Waals surface area contributed by atoms with Gasteiger partial charge in [-0.1, -0.05) is 26.5 Å². The number of pyridine rings is 2. The van der Waals surface area contributed by atoms with Crippen LogP contribution in [0.5, 0.6) is 0 Å². The van der Waals surface area contributed by atoms with Crippen LogP contribution in [-0.2, 0) is 43.4 Å². The number of aliphatic hydroxyl groups is 1. The van der Waals surface area contributed by atoms with E-state index in [4.69, 9.17) is 15.7 Å². The number of nitrogens with two attached hydrogens (primary N) is 1. The summed E-state index contributed by atoms with van der Waals surface area (Å²) in [6.07, 6.45) is 8.39. The predicted octanol–water partition coefficient (Wildman–Crippen LogP) is 5.56. The summed E-state index contributed by atoms with van der Waals surface area (Å²) in [5, 5.41) is 17.1. The zero-order valence-electron chi connectivity index (χ0n) is 39.0. The smallest absolute Gasteiger partial charge is 0.293 e. The van der Waals surface area contributed by atoms with Gasteiger partial charge in [-0.05, 0) is 106 Å². The van der Waals surface area contributed by atoms with E-state index in [-0.39, 0.29) is 34.6 Å². The minimum Gasteiger partial charge on any atom is -0.392 e. The Morgan fingerprint density at radius 3 is 2.53 bits per heavy atom. The van der Waals surface area contributed by atoms with Gasteiger partial charge in [0.1, 0.15) is 17.3 Å². The quantitative estimate of drug-likeness (QED) is 0.122. The molecule has 5 N–H and O–H groups in total. The van der Waals surface area contributed by atoms with Gasteiger partial charge >= 0.3 is 0 Å². The molecule has 66 heavy (non-hydrogen) atoms. The summed E-state index contributed by atoms with van der Waals surface area (Å²) in [5.41, 5.74) is 13.0. The normalized spacial score (nSPS) is 18.9. The number of nitrogens with one attached hydrogen (secondary N) is 2. The van der Waals surface area contributed by atoms with Gasteiger partial charge in [-0.2, -0.15) is 0 Å². The molecular weight excluding hydrogens is 833 g/mol. The molecule has 4 aromatic heterocycles. The molecule has 1 atom stereocenters. The first kappa shape index (κ1) is 44.8. The Labute approximate surface area is 386 Å². The standard InChI is InChI=1S/C50H62N12O4/c1-8-44(64)54-37-25-33(12-13-39(37)60-21-20-59(28-31(60)2)34-15-18-58(19-16-34)43-11-9-10-42(56-43)50(5,6)51)53-45-48(66)57(7)29-38(55-45)35-14-17-52-46(36(35)30-63)62-23-22-61-40(47(62)65)24-32-26-49(3,4)27-41(32)61/h8-14,17,24-25,29,31,34,63H,1,15-16,18-23,26-28,30,51H2,2-7H3,(H,53,55)(H,54,64). The highest BCUT2D eigenvalue weighted by Gasteiger charge is 2.38. The van der Waals surface area contributed by atoms with E-state index in [1.807, 2.05) is 50.2 Å². The monoisotopic (exact) mass is 895 g/mol. The number of rotatable bonds is 11. The van der Waals surface area contributed by atoms with Crippen LogP contribution in [0.15, 0.2) is 78.4 Å². The van der Waals surface area contributed by atoms with Gasteiger partial charge in [0.15, 0.2) is 5.82 Å². The molecule has 1 unspecified atom stereocenters. The topological polar surface area (TPSA) is 183 Å². The number of piperazine rings is 1. The number of carbonyl (C=O) groups excluding carboxylic acids is 2. The number of anilines is 6. The van der Waals surface area contributed by atoms with Crippen molar-refractivity contribution >= 4 is 46.3 Å². The molecule has 1 aromatic carbocycles. The van der Waals surface area contributed by atoms with E-state index in [0.29, 0.717) is 58.8 Å². The van der Waals surface area contributed by atoms with Crippen LogP contribution in [0.4, 0.5) is 34.5 Å². The molecule has 3 aliphatic heterocycles. The Hall–Kier alpha value is -6.36. The Bertz CT molecular complexity index is 2760. The number of aryl methyl sites for hydroxylation is 1. The number of nitrogens with zero attached hydrogens (tertiary/aromatic N) is 9. The summed E-state index contributed by atoms with van der Waals surface area (Å²) in [6, 6.07) is 16.1. The number of carbonyl (C=O) groups is 2. The van der Waals surface area contributed by atoms with E-state index in [1.165, 1.54) is 21.9 Å². The molecule has 5 aromatic rings. The molecule has 0 bridgehead atoms. The van der Waals surface area contributed by atoms with Crippen LogP contribution in [0.1, 0.15) is 80.5 Å². The number of piperidine rings is 1. The fourth-order valence-corrected chi connectivity index (χ4v) is 10.4. The van der Waals surface area contributed by atoms with Crippen LogP contribution < -0.4 is 36.6 Å². The molecule has 2 amide bonds. The summed E-state index contributed by atoms with van der Waals surface area (Å²) in [5.74, 6) is 0.883. The summed E-state index contributed by atoms with van der Waals surface area (Å²) in [4.78, 5) is 63.8. The van der Waals surface area contributed by atoms with Crippen LogP contribution >= 0.6 is 0 Å². The van der Waals surface area contributed by atoms with E-state index in [9.17, 15) is 19.5 Å². The molecule has 4 aliphatic rings. The minimum absolute atomic E-state index is 0.0510. The summed E-state index contributed by atoms with van der Waals surface area (Å²) in [7, 11) is 1.64. The number of amides is 2. The van der Waals surface area contributed by atoms with Gasteiger partial charge in [0.05, 0.1) is 34.9 Å². The number of aromatic nitrogens is 5. The van der Waals surface area contributed by atoms with Crippen LogP contribution in [0, 0.1) is 5.41 Å². The van der Waals surface area contributed by atoms with Crippen LogP contribution in [0.3, 0.4) is 0 Å². The van der Waals surface area contributed by atoms with Gasteiger partial charge in [0.2, 0.25) is 5.91 Å². The maximum absolute atomic E-state index is 14.0. The molecule has 1 aliphatic carbocycles. The van der Waals surface area contributed by atoms with Crippen molar-refractivity contribution in [2.75, 3.05) is 64.6 Å². The maximum atomic E-state index is 14.0. The minimum atomic E-state index is -0.499. The largest absolute Gasteiger partial charge is 0.392 e. The highest BCUT2D eigenvalue weighted by atomic mass is 16.3. The molecule has 16 nitrogen and oxygen atoms in total. The van der Waals surface area contributed by atoms with Crippen LogP contribution in [0.25, 0.3) is 11.3 Å². The molecule has 16 heteroatoms. The molecule has 0 saturated carbocycles. The Balaban J connectivity index is 0.919. The van der Waals surface area contributed by atoms with Crippen molar-refractivity contribution in [2.45, 2.75) is 91.1 Å². The Kier molecular flexibility index (Phi) is 11.9. The average molecular weight is 895 g/mol. The SMILES string of the molecule is C=CC(=O)Nc1cc(Nc2nc(-c3ccnc(N4CCn5c(cc6c5CC(C)(C)C6)C4=O)c3CO)cn(C)c2=O)ccc1N1CCN(C2CCN(c3cccc(C(C)(C)N)n3)CC2)CC1C. The van der Waals surface area contributed by atoms with E-state index >= 15 is 0 Å². The predicted molar refractivity (Wildman–Crippen MR) is 260 cm³/mol. The third-order valence-electron chi connectivity index (χ3n) is 13.8. The summed E-state index contributed by atoms with van der Waals surface area (Å²) < 4.78 is 3.58. The van der Waals surface area contributed by atoms with Crippen molar-refractivity contribution in [3.8, 4) is 11.3 Å².